The van der Waals surface area contributed by atoms with Gasteiger partial charge in [-0.25, -0.2) is 4.90 Å². The van der Waals surface area contributed by atoms with Crippen LogP contribution in [0.4, 0.5) is 5.69 Å². The third-order valence-electron chi connectivity index (χ3n) is 4.30. The van der Waals surface area contributed by atoms with Crippen LogP contribution in [0.3, 0.4) is 0 Å². The van der Waals surface area contributed by atoms with Crippen LogP contribution in [0.25, 0.3) is 11.1 Å². The Morgan fingerprint density at radius 3 is 1.46 bits per heavy atom. The predicted molar refractivity (Wildman–Crippen MR) is 106 cm³/mol. The number of imide groups is 1. The molecule has 3 nitrogen and oxygen atoms in total. The summed E-state index contributed by atoms with van der Waals surface area (Å²) in [6.07, 6.45) is 0. The van der Waals surface area contributed by atoms with Crippen molar-refractivity contribution in [2.24, 2.45) is 0 Å². The smallest absolute Gasteiger partial charge is 0.266 e. The van der Waals surface area contributed by atoms with Crippen LogP contribution in [0.15, 0.2) is 89.4 Å². The van der Waals surface area contributed by atoms with Gasteiger partial charge in [-0.2, -0.15) is 0 Å². The van der Waals surface area contributed by atoms with Crippen LogP contribution >= 0.6 is 15.9 Å². The summed E-state index contributed by atoms with van der Waals surface area (Å²) in [4.78, 5) is 27.8. The van der Waals surface area contributed by atoms with E-state index in [2.05, 4.69) is 15.9 Å². The van der Waals surface area contributed by atoms with Gasteiger partial charge >= 0.3 is 0 Å². The Hall–Kier alpha value is -2.98. The molecule has 0 saturated carbocycles. The Labute approximate surface area is 159 Å². The van der Waals surface area contributed by atoms with Crippen LogP contribution < -0.4 is 4.90 Å². The molecule has 1 heterocycles. The number of carbonyl (C=O) groups excluding carboxylic acids is 2. The molecule has 1 aliphatic rings. The first-order valence-corrected chi connectivity index (χ1v) is 8.96. The topological polar surface area (TPSA) is 37.4 Å². The lowest BCUT2D eigenvalue weighted by Crippen LogP contribution is -2.31. The minimum atomic E-state index is -0.313. The highest BCUT2D eigenvalue weighted by Crippen LogP contribution is 2.39. The number of rotatable bonds is 3. The van der Waals surface area contributed by atoms with E-state index in [-0.39, 0.29) is 11.8 Å². The normalized spacial score (nSPS) is 14.3. The third kappa shape index (κ3) is 2.68. The molecule has 3 aromatic rings. The summed E-state index contributed by atoms with van der Waals surface area (Å²) in [5, 5.41) is 0. The van der Waals surface area contributed by atoms with E-state index in [1.54, 1.807) is 6.07 Å². The Kier molecular flexibility index (Phi) is 4.27. The Bertz CT molecular complexity index is 965. The number of para-hydroxylation sites is 1. The molecule has 4 heteroatoms. The molecular weight excluding hydrogens is 390 g/mol. The lowest BCUT2D eigenvalue weighted by molar-refractivity contribution is -0.119. The molecule has 0 radical (unpaired) electrons. The fourth-order valence-electron chi connectivity index (χ4n) is 3.13. The fourth-order valence-corrected chi connectivity index (χ4v) is 3.59. The van der Waals surface area contributed by atoms with Crippen molar-refractivity contribution in [3.05, 3.63) is 101 Å². The summed E-state index contributed by atoms with van der Waals surface area (Å²) in [7, 11) is 0. The van der Waals surface area contributed by atoms with Crippen molar-refractivity contribution in [3.63, 3.8) is 0 Å². The van der Waals surface area contributed by atoms with Crippen LogP contribution in [-0.4, -0.2) is 11.8 Å². The molecule has 1 aliphatic heterocycles. The number of benzene rings is 3. The van der Waals surface area contributed by atoms with Gasteiger partial charge in [0.05, 0.1) is 16.8 Å². The van der Waals surface area contributed by atoms with Gasteiger partial charge in [0.15, 0.2) is 0 Å². The van der Waals surface area contributed by atoms with Crippen LogP contribution in [0.5, 0.6) is 0 Å². The van der Waals surface area contributed by atoms with Crippen LogP contribution in [0, 0.1) is 0 Å². The van der Waals surface area contributed by atoms with Crippen molar-refractivity contribution >= 4 is 44.6 Å². The Morgan fingerprint density at radius 1 is 0.577 bits per heavy atom. The van der Waals surface area contributed by atoms with Gasteiger partial charge in [-0.1, -0.05) is 72.8 Å². The second kappa shape index (κ2) is 6.73. The van der Waals surface area contributed by atoms with E-state index < -0.39 is 0 Å². The Morgan fingerprint density at radius 2 is 1.00 bits per heavy atom. The molecule has 0 unspecified atom stereocenters. The average Bonchev–Trinajstić information content (AvgIpc) is 2.94. The zero-order chi connectivity index (χ0) is 18.1. The maximum Gasteiger partial charge on any atom is 0.266 e. The summed E-state index contributed by atoms with van der Waals surface area (Å²) < 4.78 is 0.698. The van der Waals surface area contributed by atoms with E-state index in [1.165, 1.54) is 4.90 Å². The highest BCUT2D eigenvalue weighted by molar-refractivity contribution is 9.10. The first-order valence-electron chi connectivity index (χ1n) is 8.17. The van der Waals surface area contributed by atoms with E-state index in [1.807, 2.05) is 78.9 Å². The lowest BCUT2D eigenvalue weighted by Gasteiger charge is -2.17. The molecule has 4 rings (SSSR count). The molecule has 0 N–H and O–H groups in total. The fraction of sp³-hybridized carbons (Fsp3) is 0. The number of halogens is 1. The minimum Gasteiger partial charge on any atom is -0.268 e. The zero-order valence-corrected chi connectivity index (χ0v) is 15.3. The maximum atomic E-state index is 13.3. The van der Waals surface area contributed by atoms with Crippen molar-refractivity contribution in [3.8, 4) is 0 Å². The van der Waals surface area contributed by atoms with Gasteiger partial charge in [0.25, 0.3) is 11.8 Å². The summed E-state index contributed by atoms with van der Waals surface area (Å²) in [5.74, 6) is -0.626. The van der Waals surface area contributed by atoms with Crippen molar-refractivity contribution in [2.45, 2.75) is 0 Å². The van der Waals surface area contributed by atoms with Crippen molar-refractivity contribution in [1.29, 1.82) is 0 Å². The second-order valence-corrected chi connectivity index (χ2v) is 6.73. The highest BCUT2D eigenvalue weighted by Gasteiger charge is 2.40. The number of anilines is 1. The summed E-state index contributed by atoms with van der Waals surface area (Å²) in [6.45, 7) is 0. The van der Waals surface area contributed by atoms with Crippen molar-refractivity contribution in [1.82, 2.24) is 0 Å². The van der Waals surface area contributed by atoms with Crippen molar-refractivity contribution < 1.29 is 9.59 Å². The first kappa shape index (κ1) is 16.5. The van der Waals surface area contributed by atoms with Gasteiger partial charge < -0.3 is 0 Å². The number of amides is 2. The quantitative estimate of drug-likeness (QED) is 0.581. The van der Waals surface area contributed by atoms with Crippen LogP contribution in [-0.2, 0) is 9.59 Å². The molecule has 26 heavy (non-hydrogen) atoms. The molecule has 126 valence electrons. The maximum absolute atomic E-state index is 13.3. The summed E-state index contributed by atoms with van der Waals surface area (Å²) >= 11 is 3.45. The molecule has 0 fully saturated rings. The van der Waals surface area contributed by atoms with E-state index >= 15 is 0 Å². The minimum absolute atomic E-state index is 0.313. The molecule has 2 amide bonds. The van der Waals surface area contributed by atoms with Crippen molar-refractivity contribution in [2.75, 3.05) is 4.90 Å². The first-order chi connectivity index (χ1) is 12.7. The number of carbonyl (C=O) groups is 2. The second-order valence-electron chi connectivity index (χ2n) is 5.88. The largest absolute Gasteiger partial charge is 0.268 e. The van der Waals surface area contributed by atoms with Crippen LogP contribution in [0.2, 0.25) is 0 Å². The monoisotopic (exact) mass is 403 g/mol. The van der Waals surface area contributed by atoms with Crippen LogP contribution in [0.1, 0.15) is 11.1 Å². The number of hydrogen-bond donors (Lipinski definition) is 0. The van der Waals surface area contributed by atoms with Gasteiger partial charge in [-0.3, -0.25) is 9.59 Å². The van der Waals surface area contributed by atoms with E-state index in [0.717, 1.165) is 11.1 Å². The summed E-state index contributed by atoms with van der Waals surface area (Å²) in [5.41, 5.74) is 2.87. The average molecular weight is 404 g/mol. The third-order valence-corrected chi connectivity index (χ3v) is 4.97. The number of nitrogens with zero attached hydrogens (tertiary/aromatic N) is 1. The molecule has 0 spiro atoms. The van der Waals surface area contributed by atoms with Gasteiger partial charge in [-0.15, -0.1) is 0 Å². The number of hydrogen-bond acceptors (Lipinski definition) is 2. The van der Waals surface area contributed by atoms with Gasteiger partial charge in [0.2, 0.25) is 0 Å². The van der Waals surface area contributed by atoms with E-state index in [4.69, 9.17) is 0 Å². The predicted octanol–water partition coefficient (Wildman–Crippen LogP) is 4.93. The molecular formula is C22H14BrNO2. The molecule has 0 saturated heterocycles. The highest BCUT2D eigenvalue weighted by atomic mass is 79.9. The van der Waals surface area contributed by atoms with Gasteiger partial charge in [-0.05, 0) is 39.2 Å². The molecule has 0 bridgehead atoms. The zero-order valence-electron chi connectivity index (χ0n) is 13.7. The van der Waals surface area contributed by atoms with E-state index in [0.29, 0.717) is 21.3 Å². The van der Waals surface area contributed by atoms with E-state index in [9.17, 15) is 9.59 Å². The summed E-state index contributed by atoms with van der Waals surface area (Å²) in [6, 6.07) is 25.9. The van der Waals surface area contributed by atoms with Gasteiger partial charge in [0.1, 0.15) is 0 Å². The lowest BCUT2D eigenvalue weighted by atomic mass is 9.96. The molecule has 0 atom stereocenters. The molecule has 0 aromatic heterocycles. The Balaban J connectivity index is 1.94. The van der Waals surface area contributed by atoms with Gasteiger partial charge in [0, 0.05) is 4.47 Å². The molecule has 3 aromatic carbocycles. The standard InChI is InChI=1S/C22H14BrNO2/c23-17-13-7-8-14-18(17)24-21(25)19(15-9-3-1-4-10-15)20(22(24)26)16-11-5-2-6-12-16/h1-14H. The SMILES string of the molecule is O=C1C(c2ccccc2)=C(c2ccccc2)C(=O)N1c1ccccc1Br. The molecule has 0 aliphatic carbocycles.